The summed E-state index contributed by atoms with van der Waals surface area (Å²) in [5.41, 5.74) is -0.353. The Kier molecular flexibility index (Phi) is 3.71. The molecule has 0 spiro atoms. The van der Waals surface area contributed by atoms with E-state index >= 15 is 0 Å². The first-order valence-electron chi connectivity index (χ1n) is 7.86. The van der Waals surface area contributed by atoms with Crippen LogP contribution in [0.25, 0.3) is 0 Å². The van der Waals surface area contributed by atoms with E-state index in [4.69, 9.17) is 0 Å². The van der Waals surface area contributed by atoms with Gasteiger partial charge in [-0.2, -0.15) is 5.01 Å². The van der Waals surface area contributed by atoms with Gasteiger partial charge in [-0.3, -0.25) is 25.2 Å². The molecule has 1 saturated carbocycles. The number of non-ortho nitro benzene ring substituents is 1. The molecule has 1 heterocycles. The highest BCUT2D eigenvalue weighted by atomic mass is 16.6. The summed E-state index contributed by atoms with van der Waals surface area (Å²) < 4.78 is 0. The van der Waals surface area contributed by atoms with Gasteiger partial charge >= 0.3 is 5.69 Å². The van der Waals surface area contributed by atoms with E-state index in [2.05, 4.69) is 5.01 Å². The van der Waals surface area contributed by atoms with Crippen molar-refractivity contribution in [3.8, 4) is 0 Å². The molecule has 0 N–H and O–H groups in total. The summed E-state index contributed by atoms with van der Waals surface area (Å²) in [7, 11) is 0. The minimum absolute atomic E-state index is 0.217. The number of rotatable bonds is 4. The normalized spacial score (nSPS) is 23.6. The van der Waals surface area contributed by atoms with Gasteiger partial charge in [-0.05, 0) is 32.8 Å². The quantitative estimate of drug-likeness (QED) is 0.478. The van der Waals surface area contributed by atoms with Crippen LogP contribution in [-0.2, 0) is 0 Å². The average Bonchev–Trinajstić information content (AvgIpc) is 3.09. The van der Waals surface area contributed by atoms with Gasteiger partial charge in [0.2, 0.25) is 0 Å². The summed E-state index contributed by atoms with van der Waals surface area (Å²) in [4.78, 5) is 21.1. The molecule has 1 aliphatic heterocycles. The minimum atomic E-state index is -0.608. The van der Waals surface area contributed by atoms with Crippen LogP contribution >= 0.6 is 0 Å². The van der Waals surface area contributed by atoms with Crippen molar-refractivity contribution in [2.45, 2.75) is 57.7 Å². The Morgan fingerprint density at radius 1 is 1.09 bits per heavy atom. The van der Waals surface area contributed by atoms with Crippen molar-refractivity contribution in [2.24, 2.45) is 0 Å². The second-order valence-electron chi connectivity index (χ2n) is 6.63. The summed E-state index contributed by atoms with van der Waals surface area (Å²) in [6.07, 6.45) is 5.75. The van der Waals surface area contributed by atoms with Crippen LogP contribution < -0.4 is 5.01 Å². The first kappa shape index (κ1) is 15.7. The third-order valence-electron chi connectivity index (χ3n) is 4.77. The Labute approximate surface area is 133 Å². The zero-order valence-electron chi connectivity index (χ0n) is 13.3. The Morgan fingerprint density at radius 2 is 1.74 bits per heavy atom. The second-order valence-corrected chi connectivity index (χ2v) is 6.63. The van der Waals surface area contributed by atoms with E-state index in [0.29, 0.717) is 11.7 Å². The lowest BCUT2D eigenvalue weighted by Crippen LogP contribution is -2.27. The number of nitrogens with zero attached hydrogens (tertiary/aromatic N) is 4. The molecule has 2 aliphatic rings. The van der Waals surface area contributed by atoms with Crippen molar-refractivity contribution in [2.75, 3.05) is 5.01 Å². The number of hydrazine groups is 1. The van der Waals surface area contributed by atoms with E-state index in [9.17, 15) is 20.2 Å². The zero-order valence-corrected chi connectivity index (χ0v) is 13.3. The maximum atomic E-state index is 11.4. The predicted octanol–water partition coefficient (Wildman–Crippen LogP) is 3.61. The number of benzene rings is 1. The van der Waals surface area contributed by atoms with Crippen LogP contribution in [0.1, 0.15) is 46.0 Å². The monoisotopic (exact) mass is 320 g/mol. The van der Waals surface area contributed by atoms with Gasteiger partial charge in [0.05, 0.1) is 15.9 Å². The number of nitro benzene ring substituents is 2. The van der Waals surface area contributed by atoms with Gasteiger partial charge < -0.3 is 0 Å². The van der Waals surface area contributed by atoms with Gasteiger partial charge in [-0.25, -0.2) is 0 Å². The summed E-state index contributed by atoms with van der Waals surface area (Å²) in [6.45, 7) is 4.04. The number of nitro groups is 2. The summed E-state index contributed by atoms with van der Waals surface area (Å²) in [6, 6.07) is 4.24. The van der Waals surface area contributed by atoms with Gasteiger partial charge in [-0.15, -0.1) is 0 Å². The highest BCUT2D eigenvalue weighted by Crippen LogP contribution is 2.50. The van der Waals surface area contributed by atoms with Gasteiger partial charge in [-0.1, -0.05) is 19.3 Å². The maximum absolute atomic E-state index is 11.4. The van der Waals surface area contributed by atoms with E-state index < -0.39 is 9.85 Å². The van der Waals surface area contributed by atoms with Crippen molar-refractivity contribution in [1.82, 2.24) is 5.01 Å². The molecule has 1 aromatic rings. The fourth-order valence-corrected chi connectivity index (χ4v) is 3.69. The van der Waals surface area contributed by atoms with Crippen LogP contribution in [0.2, 0.25) is 0 Å². The van der Waals surface area contributed by atoms with Crippen molar-refractivity contribution in [3.05, 3.63) is 38.4 Å². The standard InChI is InChI=1S/C15H20N4O4/c1-15(2)16(11-6-4-3-5-7-11)17(15)13-9-8-12(18(20)21)10-14(13)19(22)23/h8-11H,3-7H2,1-2H3. The second kappa shape index (κ2) is 5.45. The molecule has 0 radical (unpaired) electrons. The fourth-order valence-electron chi connectivity index (χ4n) is 3.69. The lowest BCUT2D eigenvalue weighted by molar-refractivity contribution is -0.393. The van der Waals surface area contributed by atoms with Crippen LogP contribution in [0.4, 0.5) is 17.1 Å². The number of hydrogen-bond acceptors (Lipinski definition) is 6. The fraction of sp³-hybridized carbons (Fsp3) is 0.600. The molecule has 1 aromatic carbocycles. The average molecular weight is 320 g/mol. The van der Waals surface area contributed by atoms with Crippen molar-refractivity contribution in [3.63, 3.8) is 0 Å². The minimum Gasteiger partial charge on any atom is -0.275 e. The molecule has 124 valence electrons. The van der Waals surface area contributed by atoms with Crippen LogP contribution in [-0.4, -0.2) is 26.6 Å². The van der Waals surface area contributed by atoms with Gasteiger partial charge in [0.1, 0.15) is 11.4 Å². The molecule has 2 fully saturated rings. The number of anilines is 1. The SMILES string of the molecule is CC1(C)N(c2ccc([N+](=O)[O-])cc2[N+](=O)[O-])N1C1CCCCC1. The smallest absolute Gasteiger partial charge is 0.275 e. The molecule has 8 heteroatoms. The highest BCUT2D eigenvalue weighted by Gasteiger charge is 2.58. The predicted molar refractivity (Wildman–Crippen MR) is 85.0 cm³/mol. The topological polar surface area (TPSA) is 92.3 Å². The van der Waals surface area contributed by atoms with Crippen molar-refractivity contribution in [1.29, 1.82) is 0 Å². The molecule has 1 aliphatic carbocycles. The first-order chi connectivity index (χ1) is 10.8. The van der Waals surface area contributed by atoms with Crippen molar-refractivity contribution >= 4 is 17.1 Å². The largest absolute Gasteiger partial charge is 0.300 e. The Hall–Kier alpha value is -2.22. The number of hydrogen-bond donors (Lipinski definition) is 0. The molecular formula is C15H20N4O4. The highest BCUT2D eigenvalue weighted by molar-refractivity contribution is 5.70. The summed E-state index contributed by atoms with van der Waals surface area (Å²) in [5.74, 6) is 0. The molecule has 23 heavy (non-hydrogen) atoms. The first-order valence-corrected chi connectivity index (χ1v) is 7.86. The Morgan fingerprint density at radius 3 is 2.30 bits per heavy atom. The van der Waals surface area contributed by atoms with Crippen LogP contribution in [0, 0.1) is 20.2 Å². The molecular weight excluding hydrogens is 300 g/mol. The zero-order chi connectivity index (χ0) is 16.8. The van der Waals surface area contributed by atoms with Crippen LogP contribution in [0.5, 0.6) is 0 Å². The molecule has 3 rings (SSSR count). The summed E-state index contributed by atoms with van der Waals surface area (Å²) in [5, 5.41) is 26.3. The van der Waals surface area contributed by atoms with E-state index in [0.717, 1.165) is 18.9 Å². The third kappa shape index (κ3) is 2.63. The lowest BCUT2D eigenvalue weighted by atomic mass is 9.95. The van der Waals surface area contributed by atoms with Crippen molar-refractivity contribution < 1.29 is 9.85 Å². The summed E-state index contributed by atoms with van der Waals surface area (Å²) >= 11 is 0. The molecule has 1 atom stereocenters. The van der Waals surface area contributed by atoms with E-state index in [1.165, 1.54) is 31.4 Å². The molecule has 0 bridgehead atoms. The third-order valence-corrected chi connectivity index (χ3v) is 4.77. The van der Waals surface area contributed by atoms with Crippen LogP contribution in [0.3, 0.4) is 0 Å². The van der Waals surface area contributed by atoms with E-state index in [-0.39, 0.29) is 17.0 Å². The molecule has 0 aromatic heterocycles. The van der Waals surface area contributed by atoms with Gasteiger partial charge in [0.15, 0.2) is 0 Å². The van der Waals surface area contributed by atoms with E-state index in [1.54, 1.807) is 0 Å². The van der Waals surface area contributed by atoms with E-state index in [1.807, 2.05) is 18.9 Å². The molecule has 0 amide bonds. The molecule has 1 unspecified atom stereocenters. The Bertz CT molecular complexity index is 655. The Balaban J connectivity index is 1.94. The van der Waals surface area contributed by atoms with Gasteiger partial charge in [0, 0.05) is 12.1 Å². The van der Waals surface area contributed by atoms with Gasteiger partial charge in [0.25, 0.3) is 5.69 Å². The van der Waals surface area contributed by atoms with Crippen LogP contribution in [0.15, 0.2) is 18.2 Å². The molecule has 8 nitrogen and oxygen atoms in total. The molecule has 1 saturated heterocycles. The lowest BCUT2D eigenvalue weighted by Gasteiger charge is -2.23. The maximum Gasteiger partial charge on any atom is 0.300 e.